The molecule has 0 atom stereocenters. The van der Waals surface area contributed by atoms with E-state index in [2.05, 4.69) is 65.8 Å². The summed E-state index contributed by atoms with van der Waals surface area (Å²) in [5.74, 6) is 0. The van der Waals surface area contributed by atoms with Crippen LogP contribution in [0.1, 0.15) is 33.4 Å². The van der Waals surface area contributed by atoms with E-state index >= 15 is 0 Å². The van der Waals surface area contributed by atoms with Gasteiger partial charge in [0.1, 0.15) is 5.21 Å². The van der Waals surface area contributed by atoms with E-state index in [1.165, 1.54) is 33.4 Å². The standard InChI is InChI=1S/C20H24N3/c1-13-9-15(3)19(16(4)10-13)22-7-8-23(21-22)20-17(5)11-14(2)12-18(20)6/h7-12H,1-6H3/q+1. The van der Waals surface area contributed by atoms with E-state index in [9.17, 15) is 0 Å². The minimum Gasteiger partial charge on any atom is -0.101 e. The summed E-state index contributed by atoms with van der Waals surface area (Å²) in [6, 6.07) is 8.82. The molecule has 0 aliphatic carbocycles. The van der Waals surface area contributed by atoms with Crippen molar-refractivity contribution in [3.63, 3.8) is 0 Å². The molecule has 0 aliphatic heterocycles. The molecule has 0 saturated carbocycles. The van der Waals surface area contributed by atoms with Gasteiger partial charge in [-0.05, 0) is 63.8 Å². The van der Waals surface area contributed by atoms with E-state index in [4.69, 9.17) is 5.21 Å². The summed E-state index contributed by atoms with van der Waals surface area (Å²) in [5, 5.41) is 4.79. The molecular weight excluding hydrogens is 282 g/mol. The van der Waals surface area contributed by atoms with E-state index in [1.54, 1.807) is 0 Å². The lowest BCUT2D eigenvalue weighted by Crippen LogP contribution is -2.35. The number of hydrogen-bond donors (Lipinski definition) is 0. The maximum atomic E-state index is 4.79. The Morgan fingerprint density at radius 2 is 1.22 bits per heavy atom. The summed E-state index contributed by atoms with van der Waals surface area (Å²) in [6.07, 6.45) is 4.06. The lowest BCUT2D eigenvalue weighted by Gasteiger charge is -2.07. The molecule has 0 saturated heterocycles. The average Bonchev–Trinajstić information content (AvgIpc) is 2.85. The van der Waals surface area contributed by atoms with Gasteiger partial charge in [0.2, 0.25) is 0 Å². The number of hydrogen-bond acceptors (Lipinski definition) is 1. The van der Waals surface area contributed by atoms with Crippen LogP contribution >= 0.6 is 0 Å². The molecule has 118 valence electrons. The minimum absolute atomic E-state index is 1.16. The zero-order valence-electron chi connectivity index (χ0n) is 14.8. The van der Waals surface area contributed by atoms with Gasteiger partial charge in [-0.25, -0.2) is 0 Å². The quantitative estimate of drug-likeness (QED) is 0.656. The second-order valence-electron chi connectivity index (χ2n) is 6.57. The van der Waals surface area contributed by atoms with E-state index in [-0.39, 0.29) is 0 Å². The van der Waals surface area contributed by atoms with Crippen LogP contribution in [0.4, 0.5) is 0 Å². The third-order valence-electron chi connectivity index (χ3n) is 4.27. The van der Waals surface area contributed by atoms with Gasteiger partial charge >= 0.3 is 0 Å². The van der Waals surface area contributed by atoms with Gasteiger partial charge in [-0.1, -0.05) is 35.4 Å². The fraction of sp³-hybridized carbons (Fsp3) is 0.300. The first-order valence-corrected chi connectivity index (χ1v) is 8.01. The monoisotopic (exact) mass is 306 g/mol. The fourth-order valence-corrected chi connectivity index (χ4v) is 3.60. The van der Waals surface area contributed by atoms with Crippen molar-refractivity contribution in [2.75, 3.05) is 0 Å². The van der Waals surface area contributed by atoms with Gasteiger partial charge in [0.05, 0.1) is 0 Å². The second kappa shape index (κ2) is 5.65. The molecule has 3 nitrogen and oxygen atoms in total. The minimum atomic E-state index is 1.16. The summed E-state index contributed by atoms with van der Waals surface area (Å²) in [5.41, 5.74) is 9.88. The lowest BCUT2D eigenvalue weighted by atomic mass is 10.1. The molecule has 3 heteroatoms. The number of benzene rings is 2. The van der Waals surface area contributed by atoms with Crippen molar-refractivity contribution in [1.29, 1.82) is 0 Å². The van der Waals surface area contributed by atoms with Gasteiger partial charge < -0.3 is 0 Å². The van der Waals surface area contributed by atoms with Gasteiger partial charge in [0.15, 0.2) is 23.8 Å². The molecule has 0 fully saturated rings. The predicted octanol–water partition coefficient (Wildman–Crippen LogP) is 4.00. The van der Waals surface area contributed by atoms with Crippen LogP contribution in [-0.4, -0.2) is 9.90 Å². The van der Waals surface area contributed by atoms with Crippen molar-refractivity contribution in [2.45, 2.75) is 41.5 Å². The first-order chi connectivity index (χ1) is 10.9. The van der Waals surface area contributed by atoms with Crippen molar-refractivity contribution in [3.8, 4) is 11.4 Å². The highest BCUT2D eigenvalue weighted by Gasteiger charge is 2.18. The molecule has 0 radical (unpaired) electrons. The zero-order valence-corrected chi connectivity index (χ0v) is 14.8. The first kappa shape index (κ1) is 15.5. The van der Waals surface area contributed by atoms with E-state index in [1.807, 2.05) is 21.8 Å². The molecule has 0 bridgehead atoms. The Morgan fingerprint density at radius 3 is 1.74 bits per heavy atom. The van der Waals surface area contributed by atoms with Gasteiger partial charge in [-0.3, -0.25) is 0 Å². The second-order valence-corrected chi connectivity index (χ2v) is 6.57. The summed E-state index contributed by atoms with van der Waals surface area (Å²) in [7, 11) is 0. The van der Waals surface area contributed by atoms with Crippen LogP contribution < -0.4 is 4.68 Å². The Hall–Kier alpha value is -2.42. The number of rotatable bonds is 2. The van der Waals surface area contributed by atoms with Gasteiger partial charge in [0.25, 0.3) is 0 Å². The third kappa shape index (κ3) is 2.79. The largest absolute Gasteiger partial charge is 0.162 e. The SMILES string of the molecule is Cc1cc(C)c(-n2cc[n+](-c3c(C)cc(C)cc3C)n2)c(C)c1. The summed E-state index contributed by atoms with van der Waals surface area (Å²) < 4.78 is 3.95. The average molecular weight is 306 g/mol. The maximum absolute atomic E-state index is 4.79. The van der Waals surface area contributed by atoms with Crippen molar-refractivity contribution in [1.82, 2.24) is 9.90 Å². The number of aryl methyl sites for hydroxylation is 6. The Labute approximate surface area is 138 Å². The van der Waals surface area contributed by atoms with Gasteiger partial charge in [0, 0.05) is 0 Å². The molecular formula is C20H24N3+. The van der Waals surface area contributed by atoms with E-state index in [0.29, 0.717) is 0 Å². The molecule has 0 spiro atoms. The summed E-state index contributed by atoms with van der Waals surface area (Å²) in [4.78, 5) is 0. The molecule has 2 aromatic carbocycles. The molecule has 1 heterocycles. The van der Waals surface area contributed by atoms with Gasteiger partial charge in [-0.15, -0.1) is 9.36 Å². The topological polar surface area (TPSA) is 21.7 Å². The number of aromatic nitrogens is 3. The van der Waals surface area contributed by atoms with Crippen LogP contribution in [-0.2, 0) is 0 Å². The molecule has 0 aliphatic rings. The van der Waals surface area contributed by atoms with Crippen LogP contribution in [0.25, 0.3) is 11.4 Å². The smallest absolute Gasteiger partial charge is 0.101 e. The van der Waals surface area contributed by atoms with Crippen LogP contribution in [0.15, 0.2) is 36.7 Å². The maximum Gasteiger partial charge on any atom is 0.162 e. The Morgan fingerprint density at radius 1 is 0.739 bits per heavy atom. The van der Waals surface area contributed by atoms with Crippen LogP contribution in [0, 0.1) is 41.5 Å². The molecule has 0 unspecified atom stereocenters. The molecule has 0 amide bonds. The van der Waals surface area contributed by atoms with Crippen molar-refractivity contribution < 1.29 is 4.68 Å². The molecule has 3 aromatic rings. The normalized spacial score (nSPS) is 11.0. The first-order valence-electron chi connectivity index (χ1n) is 8.01. The molecule has 0 N–H and O–H groups in total. The highest BCUT2D eigenvalue weighted by molar-refractivity contribution is 5.48. The van der Waals surface area contributed by atoms with Crippen molar-refractivity contribution in [3.05, 3.63) is 70.0 Å². The molecule has 3 rings (SSSR count). The van der Waals surface area contributed by atoms with Crippen LogP contribution in [0.2, 0.25) is 0 Å². The van der Waals surface area contributed by atoms with Crippen molar-refractivity contribution in [2.24, 2.45) is 0 Å². The Kier molecular flexibility index (Phi) is 3.80. The molecule has 23 heavy (non-hydrogen) atoms. The van der Waals surface area contributed by atoms with Gasteiger partial charge in [-0.2, -0.15) is 0 Å². The zero-order chi connectivity index (χ0) is 16.7. The van der Waals surface area contributed by atoms with E-state index < -0.39 is 0 Å². The van der Waals surface area contributed by atoms with Crippen LogP contribution in [0.3, 0.4) is 0 Å². The highest BCUT2D eigenvalue weighted by atomic mass is 15.5. The summed E-state index contributed by atoms with van der Waals surface area (Å²) >= 11 is 0. The van der Waals surface area contributed by atoms with Crippen LogP contribution in [0.5, 0.6) is 0 Å². The van der Waals surface area contributed by atoms with E-state index in [0.717, 1.165) is 11.4 Å². The molecule has 1 aromatic heterocycles. The lowest BCUT2D eigenvalue weighted by molar-refractivity contribution is -0.661. The Bertz CT molecular complexity index is 770. The number of nitrogens with zero attached hydrogens (tertiary/aromatic N) is 3. The Balaban J connectivity index is 2.13. The summed E-state index contributed by atoms with van der Waals surface area (Å²) in [6.45, 7) is 12.8. The predicted molar refractivity (Wildman–Crippen MR) is 93.5 cm³/mol. The third-order valence-corrected chi connectivity index (χ3v) is 4.27. The fourth-order valence-electron chi connectivity index (χ4n) is 3.60. The van der Waals surface area contributed by atoms with Crippen molar-refractivity contribution >= 4 is 0 Å². The highest BCUT2D eigenvalue weighted by Crippen LogP contribution is 2.20.